The van der Waals surface area contributed by atoms with Crippen LogP contribution in [0.3, 0.4) is 0 Å². The van der Waals surface area contributed by atoms with Crippen molar-refractivity contribution in [3.8, 4) is 11.5 Å². The Bertz CT molecular complexity index is 4660. The first-order valence-corrected chi connectivity index (χ1v) is 32.3. The zero-order chi connectivity index (χ0) is 73.4. The van der Waals surface area contributed by atoms with Gasteiger partial charge in [0.25, 0.3) is 11.8 Å². The average Bonchev–Trinajstić information content (AvgIpc) is 1.60. The normalized spacial score (nSPS) is 15.8. The van der Waals surface area contributed by atoms with Gasteiger partial charge < -0.3 is 74.2 Å². The van der Waals surface area contributed by atoms with Gasteiger partial charge >= 0.3 is 42.8 Å². The molecule has 106 heavy (non-hydrogen) atoms. The Morgan fingerprint density at radius 3 is 1.34 bits per heavy atom. The average molecular weight is 1460 g/mol. The van der Waals surface area contributed by atoms with E-state index in [-0.39, 0.29) is 101 Å². The van der Waals surface area contributed by atoms with Gasteiger partial charge in [-0.15, -0.1) is 17.3 Å². The molecule has 0 unspecified atom stereocenters. The number of likely N-dealkylation sites (N-methyl/N-ethyl adjacent to an activating group) is 2. The first-order chi connectivity index (χ1) is 49.7. The summed E-state index contributed by atoms with van der Waals surface area (Å²) in [6, 6.07) is 58.6. The number of para-hydroxylation sites is 4. The molecular formula is C75H75ClLiN11O18. The second-order valence-corrected chi connectivity index (χ2v) is 24.2. The van der Waals surface area contributed by atoms with Crippen LogP contribution >= 0.6 is 12.4 Å². The molecule has 29 nitrogen and oxygen atoms in total. The number of nitrogens with one attached hydrogen (secondary N) is 1. The Labute approximate surface area is 625 Å². The van der Waals surface area contributed by atoms with Gasteiger partial charge in [-0.2, -0.15) is 5.01 Å². The van der Waals surface area contributed by atoms with Gasteiger partial charge in [-0.25, -0.2) is 19.2 Å². The molecule has 4 aromatic heterocycles. The topological polar surface area (TPSA) is 414 Å². The molecule has 0 bridgehead atoms. The van der Waals surface area contributed by atoms with Crippen LogP contribution in [-0.2, 0) is 35.3 Å². The van der Waals surface area contributed by atoms with E-state index >= 15 is 0 Å². The van der Waals surface area contributed by atoms with Gasteiger partial charge in [-0.1, -0.05) is 173 Å². The molecule has 3 saturated carbocycles. The van der Waals surface area contributed by atoms with Crippen molar-refractivity contribution in [2.24, 2.45) is 16.8 Å². The summed E-state index contributed by atoms with van der Waals surface area (Å²) < 4.78 is 41.4. The summed E-state index contributed by atoms with van der Waals surface area (Å²) in [5.74, 6) is 0.964. The summed E-state index contributed by atoms with van der Waals surface area (Å²) in [5.41, 5.74) is 16.8. The molecule has 31 heteroatoms. The number of hydrogen-bond donors (Lipinski definition) is 4. The van der Waals surface area contributed by atoms with Crippen LogP contribution < -0.4 is 54.9 Å². The fourth-order valence-corrected chi connectivity index (χ4v) is 11.3. The monoisotopic (exact) mass is 1460 g/mol. The third-order valence-corrected chi connectivity index (χ3v) is 17.6. The van der Waals surface area contributed by atoms with Gasteiger partial charge in [0.15, 0.2) is 28.5 Å². The Hall–Kier alpha value is -12.0. The molecular weight excluding hydrogens is 1390 g/mol. The van der Waals surface area contributed by atoms with E-state index in [0.29, 0.717) is 45.0 Å². The maximum atomic E-state index is 12.8. The number of carboxylic acid groups (broad SMARTS) is 1. The quantitative estimate of drug-likeness (QED) is 0.0350. The Morgan fingerprint density at radius 1 is 0.566 bits per heavy atom. The Kier molecular flexibility index (Phi) is 27.9. The fourth-order valence-electron chi connectivity index (χ4n) is 11.3. The van der Waals surface area contributed by atoms with Crippen LogP contribution in [0.15, 0.2) is 224 Å². The number of carboxylic acids is 1. The minimum absolute atomic E-state index is 0. The number of rotatable bonds is 14. The van der Waals surface area contributed by atoms with E-state index in [2.05, 4.69) is 77.3 Å². The number of carbonyl (C=O) groups excluding carboxylic acids is 6. The van der Waals surface area contributed by atoms with E-state index in [0.717, 1.165) is 66.7 Å². The van der Waals surface area contributed by atoms with Crippen LogP contribution in [0, 0.1) is 4.91 Å². The molecule has 5 amide bonds. The van der Waals surface area contributed by atoms with Crippen LogP contribution in [-0.4, -0.2) is 139 Å². The zero-order valence-corrected chi connectivity index (χ0v) is 59.4. The van der Waals surface area contributed by atoms with E-state index in [4.69, 9.17) is 38.4 Å². The van der Waals surface area contributed by atoms with E-state index in [9.17, 15) is 38.5 Å². The maximum Gasteiger partial charge on any atom is 1.00 e. The second kappa shape index (κ2) is 36.4. The summed E-state index contributed by atoms with van der Waals surface area (Å²) in [7, 11) is 7.18. The smallest absolute Gasteiger partial charge is 0.870 e. The number of esters is 2. The number of nitroso groups, excluding NO2 is 1. The van der Waals surface area contributed by atoms with Crippen molar-refractivity contribution in [1.82, 2.24) is 31.0 Å². The molecule has 0 spiro atoms. The number of halogens is 1. The molecule has 3 fully saturated rings. The predicted octanol–water partition coefficient (Wildman–Crippen LogP) is 7.72. The number of anilines is 2. The van der Waals surface area contributed by atoms with E-state index in [1.165, 1.54) is 48.8 Å². The number of ether oxygens (including phenoxy) is 4. The molecule has 10 aromatic rings. The predicted molar refractivity (Wildman–Crippen MR) is 382 cm³/mol. The maximum absolute atomic E-state index is 12.8. The van der Waals surface area contributed by atoms with Crippen molar-refractivity contribution in [2.75, 3.05) is 58.4 Å². The molecule has 0 saturated heterocycles. The van der Waals surface area contributed by atoms with Gasteiger partial charge in [-0.05, 0) is 85.0 Å². The Morgan fingerprint density at radius 2 is 0.934 bits per heavy atom. The first kappa shape index (κ1) is 81.3. The summed E-state index contributed by atoms with van der Waals surface area (Å²) in [6.07, 6.45) is 5.90. The number of primary amides is 1. The molecule has 15 rings (SSSR count). The summed E-state index contributed by atoms with van der Waals surface area (Å²) in [5, 5.41) is 29.2. The van der Waals surface area contributed by atoms with Gasteiger partial charge in [0, 0.05) is 51.0 Å². The Balaban J connectivity index is 0.000000184. The molecule has 2 aliphatic heterocycles. The van der Waals surface area contributed by atoms with Crippen molar-refractivity contribution < 1.29 is 100 Å². The molecule has 3 aliphatic carbocycles. The molecule has 6 heterocycles. The van der Waals surface area contributed by atoms with Gasteiger partial charge in [0.2, 0.25) is 5.91 Å². The number of aromatic nitrogens is 4. The van der Waals surface area contributed by atoms with E-state index in [1.807, 2.05) is 133 Å². The number of carbonyl (C=O) groups is 7. The minimum Gasteiger partial charge on any atom is -0.870 e. The zero-order valence-electron chi connectivity index (χ0n) is 58.6. The molecule has 2 atom stereocenters. The second-order valence-electron chi connectivity index (χ2n) is 24.2. The number of aromatic carboxylic acids is 1. The molecule has 0 radical (unpaired) electrons. The standard InChI is InChI=1S/C23H21N3O4.C14H13NO3.2C13H11NO3.C10H12N2O2.C2H5N3O2.ClH.Li.H2O/c1-26-18-9-5-6-10-19(18)29-14-17(22(26)28)24-21(27)16-13-20(30-25-16)23(11-12-23)15-7-3-2-4-8-15;1-17-13(16)11-9-12(18-15-11)14(7-8-14)10-5-3-2-4-6-10;15-12(16)10-8-11(17-14-10)13(6-7-13)9-4-2-1-3-5-9;1-9(10-6-4-3-5-7-10)12-8-11(14-17-12)13(15)16-2;1-12-8-4-2-3-5-9(8)14-6-7(11)10(12)13;1-5(4-7)2(3)6;;;/h2-10,13,17H,11-12,14H2,1H3,(H,24,27);2-6,9H,7-8H2,1H3;1-5,8H,6-7H2,(H,15,16);3-8H,1H2,2H3;2-5,7H,6,11H2,1H3;1H3,(H2,3,6);1H;;1H2/q;;;;;;;+1;/p-1/t17-;;;;7-;;;;/m0...0..../s1. The molecule has 5 aliphatic rings. The van der Waals surface area contributed by atoms with Crippen molar-refractivity contribution >= 4 is 71.0 Å². The number of hydrogen-bond acceptors (Lipinski definition) is 23. The number of nitrogens with zero attached hydrogens (tertiary/aromatic N) is 8. The number of amides is 5. The van der Waals surface area contributed by atoms with E-state index < -0.39 is 41.9 Å². The van der Waals surface area contributed by atoms with Gasteiger partial charge in [0.1, 0.15) is 54.1 Å². The fraction of sp³-hybridized carbons (Fsp3) is 0.240. The number of nitrogens with two attached hydrogens (primary N) is 2. The molecule has 546 valence electrons. The van der Waals surface area contributed by atoms with Crippen LogP contribution in [0.4, 0.5) is 16.2 Å². The van der Waals surface area contributed by atoms with Crippen LogP contribution in [0.1, 0.15) is 126 Å². The molecule has 7 N–H and O–H groups in total. The minimum atomic E-state index is -1.05. The van der Waals surface area contributed by atoms with Gasteiger partial charge in [0.05, 0.1) is 47.1 Å². The largest absolute Gasteiger partial charge is 1.00 e. The van der Waals surface area contributed by atoms with Crippen LogP contribution in [0.2, 0.25) is 0 Å². The summed E-state index contributed by atoms with van der Waals surface area (Å²) >= 11 is 0. The summed E-state index contributed by atoms with van der Waals surface area (Å²) in [4.78, 5) is 92.7. The van der Waals surface area contributed by atoms with Crippen molar-refractivity contribution in [1.29, 1.82) is 0 Å². The number of benzene rings is 6. The van der Waals surface area contributed by atoms with Crippen LogP contribution in [0.25, 0.3) is 5.57 Å². The number of urea groups is 1. The van der Waals surface area contributed by atoms with Gasteiger partial charge in [-0.3, -0.25) is 14.4 Å². The summed E-state index contributed by atoms with van der Waals surface area (Å²) in [6.45, 7) is 4.19. The molecule has 6 aromatic carbocycles. The number of methoxy groups -OCH3 is 2. The van der Waals surface area contributed by atoms with Crippen molar-refractivity contribution in [3.63, 3.8) is 0 Å². The third kappa shape index (κ3) is 18.9. The number of fused-ring (bicyclic) bond motifs is 2. The van der Waals surface area contributed by atoms with Crippen molar-refractivity contribution in [2.45, 2.75) is 66.9 Å². The first-order valence-electron chi connectivity index (χ1n) is 32.3. The van der Waals surface area contributed by atoms with Crippen LogP contribution in [0.5, 0.6) is 11.5 Å². The van der Waals surface area contributed by atoms with Crippen molar-refractivity contribution in [3.05, 3.63) is 274 Å². The SMILES string of the molecule is C=C(c1ccccc1)c1cc(C(=O)OC)no1.CN(N=O)C(N)=O.CN1C(=O)[C@@H](N)COc2ccccc21.CN1C(=O)[C@@H](NC(=O)c2cc(C3(c4ccccc4)CC3)on2)COc2ccccc21.COC(=O)c1cc(C2(c3ccccc3)CC2)on1.Cl.O=C(O)c1cc(C2(c3ccccc3)CC2)on1.[Li+].[OH-]. The third-order valence-electron chi connectivity index (χ3n) is 17.6. The van der Waals surface area contributed by atoms with E-state index in [1.54, 1.807) is 38.4 Å².